The summed E-state index contributed by atoms with van der Waals surface area (Å²) >= 11 is 0. The van der Waals surface area contributed by atoms with Gasteiger partial charge in [-0.2, -0.15) is 10.2 Å². The van der Waals surface area contributed by atoms with E-state index in [1.54, 1.807) is 0 Å². The van der Waals surface area contributed by atoms with Gasteiger partial charge in [-0.25, -0.2) is 4.79 Å². The molecule has 0 aliphatic carbocycles. The van der Waals surface area contributed by atoms with Gasteiger partial charge in [-0.3, -0.25) is 4.79 Å². The predicted octanol–water partition coefficient (Wildman–Crippen LogP) is 0.814. The molecule has 0 spiro atoms. The van der Waals surface area contributed by atoms with Gasteiger partial charge in [0.05, 0.1) is 30.1 Å². The largest absolute Gasteiger partial charge is 0.478 e. The van der Waals surface area contributed by atoms with Gasteiger partial charge in [-0.15, -0.1) is 0 Å². The standard InChI is InChI=1S/C14H13N3O4/c18-8-7-17(13(19)11-5-6-15-16-9-11)12-3-1-10(2-4-12)14(20)21/h1-6,9,18H,7-8H2,(H,20,21). The van der Waals surface area contributed by atoms with E-state index in [2.05, 4.69) is 10.2 Å². The van der Waals surface area contributed by atoms with Gasteiger partial charge in [0, 0.05) is 12.2 Å². The van der Waals surface area contributed by atoms with Gasteiger partial charge in [0.25, 0.3) is 5.91 Å². The quantitative estimate of drug-likeness (QED) is 0.843. The van der Waals surface area contributed by atoms with Crippen molar-refractivity contribution in [2.45, 2.75) is 0 Å². The van der Waals surface area contributed by atoms with Crippen LogP contribution in [0.5, 0.6) is 0 Å². The number of nitrogens with zero attached hydrogens (tertiary/aromatic N) is 3. The number of hydrogen-bond donors (Lipinski definition) is 2. The minimum absolute atomic E-state index is 0.0908. The molecule has 1 aromatic heterocycles. The van der Waals surface area contributed by atoms with E-state index in [0.717, 1.165) is 0 Å². The van der Waals surface area contributed by atoms with Gasteiger partial charge in [0.1, 0.15) is 0 Å². The number of carbonyl (C=O) groups is 2. The molecule has 2 N–H and O–H groups in total. The molecular weight excluding hydrogens is 274 g/mol. The Labute approximate surface area is 120 Å². The van der Waals surface area contributed by atoms with Crippen LogP contribution in [0.25, 0.3) is 0 Å². The van der Waals surface area contributed by atoms with Crippen LogP contribution < -0.4 is 4.90 Å². The summed E-state index contributed by atoms with van der Waals surface area (Å²) in [5, 5.41) is 25.2. The first-order valence-electron chi connectivity index (χ1n) is 6.16. The Hall–Kier alpha value is -2.80. The SMILES string of the molecule is O=C(O)c1ccc(N(CCO)C(=O)c2ccnnc2)cc1. The molecule has 1 aromatic carbocycles. The zero-order chi connectivity index (χ0) is 15.2. The van der Waals surface area contributed by atoms with Gasteiger partial charge < -0.3 is 15.1 Å². The molecule has 7 heteroatoms. The number of benzene rings is 1. The Morgan fingerprint density at radius 1 is 1.05 bits per heavy atom. The highest BCUT2D eigenvalue weighted by molar-refractivity contribution is 6.06. The van der Waals surface area contributed by atoms with Gasteiger partial charge >= 0.3 is 5.97 Å². The Kier molecular flexibility index (Phi) is 4.57. The van der Waals surface area contributed by atoms with Crippen LogP contribution in [0.1, 0.15) is 20.7 Å². The van der Waals surface area contributed by atoms with E-state index in [-0.39, 0.29) is 24.6 Å². The molecule has 0 fully saturated rings. The molecule has 2 rings (SSSR count). The zero-order valence-corrected chi connectivity index (χ0v) is 11.0. The Bertz CT molecular complexity index is 628. The topological polar surface area (TPSA) is 104 Å². The molecule has 0 unspecified atom stereocenters. The molecule has 108 valence electrons. The number of aliphatic hydroxyl groups is 1. The predicted molar refractivity (Wildman–Crippen MR) is 74.2 cm³/mol. The van der Waals surface area contributed by atoms with Crippen molar-refractivity contribution in [3.05, 3.63) is 53.9 Å². The van der Waals surface area contributed by atoms with E-state index < -0.39 is 5.97 Å². The maximum atomic E-state index is 12.4. The molecule has 0 atom stereocenters. The molecular formula is C14H13N3O4. The highest BCUT2D eigenvalue weighted by Gasteiger charge is 2.18. The second-order valence-corrected chi connectivity index (χ2v) is 4.16. The molecule has 0 aliphatic heterocycles. The van der Waals surface area contributed by atoms with E-state index in [9.17, 15) is 9.59 Å². The van der Waals surface area contributed by atoms with Crippen LogP contribution in [0.15, 0.2) is 42.7 Å². The van der Waals surface area contributed by atoms with Crippen molar-refractivity contribution in [3.8, 4) is 0 Å². The van der Waals surface area contributed by atoms with E-state index in [1.165, 1.54) is 47.6 Å². The van der Waals surface area contributed by atoms with Gasteiger partial charge in [0.15, 0.2) is 0 Å². The first-order valence-corrected chi connectivity index (χ1v) is 6.16. The summed E-state index contributed by atoms with van der Waals surface area (Å²) in [6, 6.07) is 7.36. The summed E-state index contributed by atoms with van der Waals surface area (Å²) in [6.45, 7) is -0.126. The molecule has 1 amide bonds. The zero-order valence-electron chi connectivity index (χ0n) is 11.0. The van der Waals surface area contributed by atoms with Crippen LogP contribution in [-0.2, 0) is 0 Å². The minimum atomic E-state index is -1.04. The maximum Gasteiger partial charge on any atom is 0.335 e. The van der Waals surface area contributed by atoms with Crippen LogP contribution in [-0.4, -0.2) is 45.4 Å². The first kappa shape index (κ1) is 14.6. The van der Waals surface area contributed by atoms with Gasteiger partial charge in [0.2, 0.25) is 0 Å². The smallest absolute Gasteiger partial charge is 0.335 e. The number of aromatic carboxylic acids is 1. The average molecular weight is 287 g/mol. The lowest BCUT2D eigenvalue weighted by molar-refractivity contribution is 0.0696. The minimum Gasteiger partial charge on any atom is -0.478 e. The van der Waals surface area contributed by atoms with Crippen molar-refractivity contribution in [2.24, 2.45) is 0 Å². The molecule has 0 saturated heterocycles. The molecule has 21 heavy (non-hydrogen) atoms. The van der Waals surface area contributed by atoms with Crippen molar-refractivity contribution >= 4 is 17.6 Å². The van der Waals surface area contributed by atoms with Crippen molar-refractivity contribution < 1.29 is 19.8 Å². The first-order chi connectivity index (χ1) is 10.1. The number of carbonyl (C=O) groups excluding carboxylic acids is 1. The number of hydrogen-bond acceptors (Lipinski definition) is 5. The summed E-state index contributed by atoms with van der Waals surface area (Å²) in [5.74, 6) is -1.39. The van der Waals surface area contributed by atoms with E-state index in [1.807, 2.05) is 0 Å². The second-order valence-electron chi connectivity index (χ2n) is 4.16. The summed E-state index contributed by atoms with van der Waals surface area (Å²) < 4.78 is 0. The lowest BCUT2D eigenvalue weighted by atomic mass is 10.1. The number of amides is 1. The van der Waals surface area contributed by atoms with Crippen LogP contribution >= 0.6 is 0 Å². The number of aromatic nitrogens is 2. The maximum absolute atomic E-state index is 12.4. The fourth-order valence-electron chi connectivity index (χ4n) is 1.80. The number of anilines is 1. The molecule has 0 radical (unpaired) electrons. The molecule has 0 bridgehead atoms. The highest BCUT2D eigenvalue weighted by atomic mass is 16.4. The molecule has 0 aliphatic rings. The van der Waals surface area contributed by atoms with Crippen molar-refractivity contribution in [2.75, 3.05) is 18.1 Å². The van der Waals surface area contributed by atoms with Crippen molar-refractivity contribution in [1.82, 2.24) is 10.2 Å². The lowest BCUT2D eigenvalue weighted by Crippen LogP contribution is -2.33. The average Bonchev–Trinajstić information content (AvgIpc) is 2.53. The van der Waals surface area contributed by atoms with Crippen LogP contribution in [0.4, 0.5) is 5.69 Å². The summed E-state index contributed by atoms with van der Waals surface area (Å²) in [5.41, 5.74) is 0.956. The van der Waals surface area contributed by atoms with Crippen LogP contribution in [0.2, 0.25) is 0 Å². The molecule has 1 heterocycles. The number of aliphatic hydroxyl groups excluding tert-OH is 1. The molecule has 7 nitrogen and oxygen atoms in total. The third kappa shape index (κ3) is 3.40. The fraction of sp³-hybridized carbons (Fsp3) is 0.143. The Balaban J connectivity index is 2.30. The summed E-state index contributed by atoms with van der Waals surface area (Å²) in [7, 11) is 0. The number of carboxylic acids is 1. The highest BCUT2D eigenvalue weighted by Crippen LogP contribution is 2.17. The van der Waals surface area contributed by atoms with Crippen molar-refractivity contribution in [3.63, 3.8) is 0 Å². The molecule has 0 saturated carbocycles. The lowest BCUT2D eigenvalue weighted by Gasteiger charge is -2.21. The van der Waals surface area contributed by atoms with Crippen LogP contribution in [0.3, 0.4) is 0 Å². The number of carboxylic acid groups (broad SMARTS) is 1. The monoisotopic (exact) mass is 287 g/mol. The molecule has 2 aromatic rings. The third-order valence-corrected chi connectivity index (χ3v) is 2.83. The van der Waals surface area contributed by atoms with Gasteiger partial charge in [-0.05, 0) is 30.3 Å². The Morgan fingerprint density at radius 2 is 1.76 bits per heavy atom. The van der Waals surface area contributed by atoms with Crippen LogP contribution in [0, 0.1) is 0 Å². The summed E-state index contributed by atoms with van der Waals surface area (Å²) in [4.78, 5) is 24.6. The van der Waals surface area contributed by atoms with Crippen molar-refractivity contribution in [1.29, 1.82) is 0 Å². The fourth-order valence-corrected chi connectivity index (χ4v) is 1.80. The Morgan fingerprint density at radius 3 is 2.29 bits per heavy atom. The normalized spacial score (nSPS) is 10.1. The second kappa shape index (κ2) is 6.58. The van der Waals surface area contributed by atoms with E-state index >= 15 is 0 Å². The van der Waals surface area contributed by atoms with Gasteiger partial charge in [-0.1, -0.05) is 0 Å². The summed E-state index contributed by atoms with van der Waals surface area (Å²) in [6.07, 6.45) is 2.73. The third-order valence-electron chi connectivity index (χ3n) is 2.83. The van der Waals surface area contributed by atoms with E-state index in [0.29, 0.717) is 11.3 Å². The number of rotatable bonds is 5. The van der Waals surface area contributed by atoms with E-state index in [4.69, 9.17) is 10.2 Å².